The van der Waals surface area contributed by atoms with E-state index in [1.54, 1.807) is 0 Å². The fourth-order valence-corrected chi connectivity index (χ4v) is 1.61. The molecule has 0 aliphatic heterocycles. The van der Waals surface area contributed by atoms with Gasteiger partial charge in [-0.1, -0.05) is 26.7 Å². The van der Waals surface area contributed by atoms with Gasteiger partial charge < -0.3 is 5.11 Å². The number of Topliss-reactive ketones (excluding diaryl/α,β-unsaturated/α-hetero) is 1. The molecule has 16 heavy (non-hydrogen) atoms. The van der Waals surface area contributed by atoms with Crippen LogP contribution in [0.3, 0.4) is 0 Å². The number of carbonyl (C=O) groups is 1. The first-order valence-corrected chi connectivity index (χ1v) is 5.59. The second-order valence-electron chi connectivity index (χ2n) is 3.96. The molecule has 0 aliphatic rings. The van der Waals surface area contributed by atoms with Gasteiger partial charge in [0.25, 0.3) is 0 Å². The molecule has 0 aromatic heterocycles. The minimum atomic E-state index is -4.22. The highest BCUT2D eigenvalue weighted by Gasteiger charge is 2.28. The summed E-state index contributed by atoms with van der Waals surface area (Å²) in [6, 6.07) is 0. The molecular formula is C11H19F3O2. The Morgan fingerprint density at radius 3 is 2.12 bits per heavy atom. The molecular weight excluding hydrogens is 221 g/mol. The quantitative estimate of drug-likeness (QED) is 0.742. The molecule has 0 saturated heterocycles. The fourth-order valence-electron chi connectivity index (χ4n) is 1.61. The zero-order valence-electron chi connectivity index (χ0n) is 9.68. The summed E-state index contributed by atoms with van der Waals surface area (Å²) in [6.07, 6.45) is -5.42. The highest BCUT2D eigenvalue weighted by molar-refractivity contribution is 5.83. The van der Waals surface area contributed by atoms with Gasteiger partial charge in [-0.3, -0.25) is 4.79 Å². The molecule has 5 heteroatoms. The van der Waals surface area contributed by atoms with E-state index in [9.17, 15) is 23.1 Å². The molecule has 0 fully saturated rings. The Morgan fingerprint density at radius 2 is 1.75 bits per heavy atom. The molecule has 0 aliphatic carbocycles. The highest BCUT2D eigenvalue weighted by Crippen LogP contribution is 2.23. The molecule has 0 saturated carbocycles. The van der Waals surface area contributed by atoms with E-state index in [4.69, 9.17) is 0 Å². The number of hydrogen-bond acceptors (Lipinski definition) is 2. The lowest BCUT2D eigenvalue weighted by Gasteiger charge is -2.18. The van der Waals surface area contributed by atoms with E-state index in [1.807, 2.05) is 13.8 Å². The molecule has 0 heterocycles. The monoisotopic (exact) mass is 240 g/mol. The molecule has 0 spiro atoms. The van der Waals surface area contributed by atoms with Gasteiger partial charge in [0.05, 0.1) is 0 Å². The smallest absolute Gasteiger partial charge is 0.385 e. The van der Waals surface area contributed by atoms with Gasteiger partial charge in [-0.2, -0.15) is 13.2 Å². The number of aliphatic hydroxyl groups is 1. The summed E-state index contributed by atoms with van der Waals surface area (Å²) in [6.45, 7) is 3.70. The summed E-state index contributed by atoms with van der Waals surface area (Å²) in [5.74, 6) is -0.615. The van der Waals surface area contributed by atoms with Gasteiger partial charge >= 0.3 is 6.18 Å². The normalized spacial score (nSPS) is 14.2. The maximum absolute atomic E-state index is 11.8. The lowest BCUT2D eigenvalue weighted by atomic mass is 9.92. The maximum atomic E-state index is 11.8. The SMILES string of the molecule is CCC(CC)C(O)C(=O)CCCC(F)(F)F. The number of carbonyl (C=O) groups excluding carboxylic acids is 1. The van der Waals surface area contributed by atoms with E-state index in [1.165, 1.54) is 0 Å². The molecule has 2 nitrogen and oxygen atoms in total. The van der Waals surface area contributed by atoms with E-state index in [2.05, 4.69) is 0 Å². The van der Waals surface area contributed by atoms with Crippen LogP contribution in [0.1, 0.15) is 46.0 Å². The largest absolute Gasteiger partial charge is 0.389 e. The van der Waals surface area contributed by atoms with Gasteiger partial charge in [0, 0.05) is 12.8 Å². The molecule has 96 valence electrons. The number of rotatable bonds is 7. The number of halogens is 3. The lowest BCUT2D eigenvalue weighted by Crippen LogP contribution is -2.29. The van der Waals surface area contributed by atoms with Crippen LogP contribution >= 0.6 is 0 Å². The lowest BCUT2D eigenvalue weighted by molar-refractivity contribution is -0.139. The second kappa shape index (κ2) is 6.89. The first-order valence-electron chi connectivity index (χ1n) is 5.59. The average Bonchev–Trinajstić information content (AvgIpc) is 2.17. The standard InChI is InChI=1S/C11H19F3O2/c1-3-8(4-2)10(16)9(15)6-5-7-11(12,13)14/h8,10,16H,3-7H2,1-2H3. The number of ketones is 1. The third-order valence-corrected chi connectivity index (χ3v) is 2.71. The van der Waals surface area contributed by atoms with Crippen molar-refractivity contribution in [2.75, 3.05) is 0 Å². The van der Waals surface area contributed by atoms with Crippen LogP contribution in [0.15, 0.2) is 0 Å². The molecule has 0 aromatic rings. The Hall–Kier alpha value is -0.580. The molecule has 0 aromatic carbocycles. The van der Waals surface area contributed by atoms with Crippen LogP contribution in [0.5, 0.6) is 0 Å². The Balaban J connectivity index is 3.97. The third kappa shape index (κ3) is 6.10. The summed E-state index contributed by atoms with van der Waals surface area (Å²) < 4.78 is 35.5. The summed E-state index contributed by atoms with van der Waals surface area (Å²) >= 11 is 0. The predicted molar refractivity (Wildman–Crippen MR) is 55.0 cm³/mol. The van der Waals surface area contributed by atoms with Crippen LogP contribution in [0, 0.1) is 5.92 Å². The van der Waals surface area contributed by atoms with Gasteiger partial charge in [-0.15, -0.1) is 0 Å². The molecule has 0 bridgehead atoms. The molecule has 0 rings (SSSR count). The first-order chi connectivity index (χ1) is 7.31. The van der Waals surface area contributed by atoms with Crippen LogP contribution in [-0.4, -0.2) is 23.2 Å². The van der Waals surface area contributed by atoms with Crippen LogP contribution in [0.2, 0.25) is 0 Å². The van der Waals surface area contributed by atoms with Crippen molar-refractivity contribution in [3.63, 3.8) is 0 Å². The van der Waals surface area contributed by atoms with Gasteiger partial charge in [-0.05, 0) is 12.3 Å². The molecule has 1 atom stereocenters. The third-order valence-electron chi connectivity index (χ3n) is 2.71. The first kappa shape index (κ1) is 15.4. The van der Waals surface area contributed by atoms with Gasteiger partial charge in [0.1, 0.15) is 6.10 Å². The number of aliphatic hydroxyl groups excluding tert-OH is 1. The van der Waals surface area contributed by atoms with E-state index in [-0.39, 0.29) is 18.8 Å². The Bertz CT molecular complexity index is 210. The molecule has 1 N–H and O–H groups in total. The van der Waals surface area contributed by atoms with Crippen LogP contribution in [0.25, 0.3) is 0 Å². The van der Waals surface area contributed by atoms with Gasteiger partial charge in [-0.25, -0.2) is 0 Å². The molecule has 0 amide bonds. The fraction of sp³-hybridized carbons (Fsp3) is 0.909. The van der Waals surface area contributed by atoms with Crippen molar-refractivity contribution in [1.29, 1.82) is 0 Å². The van der Waals surface area contributed by atoms with E-state index >= 15 is 0 Å². The molecule has 1 unspecified atom stereocenters. The summed E-state index contributed by atoms with van der Waals surface area (Å²) in [7, 11) is 0. The van der Waals surface area contributed by atoms with Crippen molar-refractivity contribution in [2.45, 2.75) is 58.2 Å². The minimum absolute atomic E-state index is 0.140. The Morgan fingerprint density at radius 1 is 1.25 bits per heavy atom. The Labute approximate surface area is 93.8 Å². The average molecular weight is 240 g/mol. The zero-order valence-corrected chi connectivity index (χ0v) is 9.68. The topological polar surface area (TPSA) is 37.3 Å². The molecule has 0 radical (unpaired) electrons. The predicted octanol–water partition coefficient (Wildman–Crippen LogP) is 3.09. The Kier molecular flexibility index (Phi) is 6.64. The second-order valence-corrected chi connectivity index (χ2v) is 3.96. The summed E-state index contributed by atoms with van der Waals surface area (Å²) in [5.41, 5.74) is 0. The minimum Gasteiger partial charge on any atom is -0.385 e. The van der Waals surface area contributed by atoms with Gasteiger partial charge in [0.15, 0.2) is 5.78 Å². The van der Waals surface area contributed by atoms with Crippen molar-refractivity contribution in [3.8, 4) is 0 Å². The van der Waals surface area contributed by atoms with Crippen LogP contribution in [-0.2, 0) is 4.79 Å². The number of alkyl halides is 3. The van der Waals surface area contributed by atoms with Crippen molar-refractivity contribution in [1.82, 2.24) is 0 Å². The summed E-state index contributed by atoms with van der Waals surface area (Å²) in [4.78, 5) is 11.4. The maximum Gasteiger partial charge on any atom is 0.389 e. The van der Waals surface area contributed by atoms with Gasteiger partial charge in [0.2, 0.25) is 0 Å². The zero-order chi connectivity index (χ0) is 12.8. The van der Waals surface area contributed by atoms with Crippen molar-refractivity contribution in [2.24, 2.45) is 5.92 Å². The van der Waals surface area contributed by atoms with Crippen LogP contribution in [0.4, 0.5) is 13.2 Å². The van der Waals surface area contributed by atoms with E-state index in [0.717, 1.165) is 0 Å². The van der Waals surface area contributed by atoms with E-state index in [0.29, 0.717) is 12.8 Å². The van der Waals surface area contributed by atoms with Crippen molar-refractivity contribution in [3.05, 3.63) is 0 Å². The summed E-state index contributed by atoms with van der Waals surface area (Å²) in [5, 5.41) is 9.58. The van der Waals surface area contributed by atoms with E-state index < -0.39 is 24.5 Å². The van der Waals surface area contributed by atoms with Crippen molar-refractivity contribution < 1.29 is 23.1 Å². The van der Waals surface area contributed by atoms with Crippen LogP contribution < -0.4 is 0 Å². The number of hydrogen-bond donors (Lipinski definition) is 1. The van der Waals surface area contributed by atoms with Crippen molar-refractivity contribution >= 4 is 5.78 Å². The highest BCUT2D eigenvalue weighted by atomic mass is 19.4.